The van der Waals surface area contributed by atoms with Gasteiger partial charge in [-0.2, -0.15) is 0 Å². The molecular weight excluding hydrogens is 258 g/mol. The predicted molar refractivity (Wildman–Crippen MR) is 85.5 cm³/mol. The minimum absolute atomic E-state index is 0.0701. The van der Waals surface area contributed by atoms with Crippen LogP contribution in [0.4, 0.5) is 0 Å². The molecule has 2 aliphatic carbocycles. The lowest BCUT2D eigenvalue weighted by Gasteiger charge is -2.41. The molecule has 0 saturated heterocycles. The highest BCUT2D eigenvalue weighted by Crippen LogP contribution is 2.49. The average molecular weight is 285 g/mol. The van der Waals surface area contributed by atoms with Crippen molar-refractivity contribution in [2.45, 2.75) is 62.8 Å². The van der Waals surface area contributed by atoms with Crippen LogP contribution in [0, 0.1) is 11.8 Å². The van der Waals surface area contributed by atoms with E-state index in [1.807, 2.05) is 0 Å². The first-order chi connectivity index (χ1) is 10.2. The Morgan fingerprint density at radius 1 is 1.10 bits per heavy atom. The van der Waals surface area contributed by atoms with Gasteiger partial charge in [-0.15, -0.1) is 0 Å². The Labute approximate surface area is 128 Å². The molecule has 4 rings (SSSR count). The van der Waals surface area contributed by atoms with E-state index in [-0.39, 0.29) is 5.54 Å². The molecule has 0 radical (unpaired) electrons. The molecular formula is C19H27NO. The molecule has 1 aromatic rings. The van der Waals surface area contributed by atoms with Crippen molar-refractivity contribution in [2.75, 3.05) is 6.61 Å². The summed E-state index contributed by atoms with van der Waals surface area (Å²) in [7, 11) is 0. The van der Waals surface area contributed by atoms with Crippen molar-refractivity contribution in [3.05, 3.63) is 29.8 Å². The molecule has 2 saturated carbocycles. The summed E-state index contributed by atoms with van der Waals surface area (Å²) in [6.45, 7) is 0.851. The average Bonchev–Trinajstić information content (AvgIpc) is 3.32. The molecule has 2 heteroatoms. The van der Waals surface area contributed by atoms with Crippen LogP contribution in [0.2, 0.25) is 0 Å². The Kier molecular flexibility index (Phi) is 3.45. The quantitative estimate of drug-likeness (QED) is 0.901. The minimum atomic E-state index is 0.0701. The normalized spacial score (nSPS) is 35.9. The number of nitrogens with two attached hydrogens (primary N) is 1. The van der Waals surface area contributed by atoms with Gasteiger partial charge in [0.15, 0.2) is 0 Å². The molecule has 114 valence electrons. The first-order valence-electron chi connectivity index (χ1n) is 8.74. The Hall–Kier alpha value is -1.02. The van der Waals surface area contributed by atoms with Gasteiger partial charge in [-0.3, -0.25) is 0 Å². The van der Waals surface area contributed by atoms with Crippen LogP contribution >= 0.6 is 0 Å². The van der Waals surface area contributed by atoms with Crippen molar-refractivity contribution in [1.82, 2.24) is 0 Å². The monoisotopic (exact) mass is 285 g/mol. The Morgan fingerprint density at radius 3 is 2.81 bits per heavy atom. The van der Waals surface area contributed by atoms with Crippen LogP contribution in [-0.4, -0.2) is 12.1 Å². The Bertz CT molecular complexity index is 510. The van der Waals surface area contributed by atoms with E-state index in [4.69, 9.17) is 10.5 Å². The Morgan fingerprint density at radius 2 is 1.95 bits per heavy atom. The van der Waals surface area contributed by atoms with E-state index in [9.17, 15) is 0 Å². The maximum atomic E-state index is 6.86. The molecule has 2 N–H and O–H groups in total. The van der Waals surface area contributed by atoms with E-state index in [0.717, 1.165) is 37.0 Å². The minimum Gasteiger partial charge on any atom is -0.493 e. The van der Waals surface area contributed by atoms with Gasteiger partial charge in [-0.25, -0.2) is 0 Å². The predicted octanol–water partition coefficient (Wildman–Crippen LogP) is 4.24. The standard InChI is InChI=1S/C19H27NO/c20-19(10-3-4-15(12-19)14-7-8-14)13-16-9-11-21-18-6-2-1-5-17(16)18/h1-2,5-6,14-16H,3-4,7-13,20H2. The third kappa shape index (κ3) is 2.83. The summed E-state index contributed by atoms with van der Waals surface area (Å²) in [5.74, 6) is 3.61. The van der Waals surface area contributed by atoms with E-state index in [1.165, 1.54) is 44.1 Å². The van der Waals surface area contributed by atoms with Crippen LogP contribution in [0.5, 0.6) is 5.75 Å². The molecule has 0 amide bonds. The Balaban J connectivity index is 1.50. The molecule has 21 heavy (non-hydrogen) atoms. The number of hydrogen-bond acceptors (Lipinski definition) is 2. The number of ether oxygens (including phenoxy) is 1. The van der Waals surface area contributed by atoms with Gasteiger partial charge in [0.1, 0.15) is 5.75 Å². The number of rotatable bonds is 3. The maximum absolute atomic E-state index is 6.86. The van der Waals surface area contributed by atoms with Crippen molar-refractivity contribution in [1.29, 1.82) is 0 Å². The zero-order chi connectivity index (χ0) is 14.3. The second kappa shape index (κ2) is 5.31. The number of hydrogen-bond donors (Lipinski definition) is 1. The molecule has 3 atom stereocenters. The lowest BCUT2D eigenvalue weighted by molar-refractivity contribution is 0.170. The highest BCUT2D eigenvalue weighted by atomic mass is 16.5. The zero-order valence-corrected chi connectivity index (χ0v) is 12.9. The van der Waals surface area contributed by atoms with E-state index in [0.29, 0.717) is 5.92 Å². The maximum Gasteiger partial charge on any atom is 0.122 e. The van der Waals surface area contributed by atoms with Gasteiger partial charge in [-0.1, -0.05) is 31.0 Å². The lowest BCUT2D eigenvalue weighted by atomic mass is 9.69. The second-order valence-corrected chi connectivity index (χ2v) is 7.63. The third-order valence-corrected chi connectivity index (χ3v) is 5.94. The van der Waals surface area contributed by atoms with Crippen LogP contribution in [0.3, 0.4) is 0 Å². The van der Waals surface area contributed by atoms with E-state index in [2.05, 4.69) is 24.3 Å². The first-order valence-corrected chi connectivity index (χ1v) is 8.74. The fourth-order valence-electron chi connectivity index (χ4n) is 4.72. The van der Waals surface area contributed by atoms with E-state index in [1.54, 1.807) is 0 Å². The summed E-state index contributed by atoms with van der Waals surface area (Å²) in [4.78, 5) is 0. The number of para-hydroxylation sites is 1. The van der Waals surface area contributed by atoms with Crippen LogP contribution in [0.1, 0.15) is 62.8 Å². The van der Waals surface area contributed by atoms with Crippen molar-refractivity contribution in [3.63, 3.8) is 0 Å². The van der Waals surface area contributed by atoms with Crippen molar-refractivity contribution >= 4 is 0 Å². The van der Waals surface area contributed by atoms with Gasteiger partial charge in [-0.05, 0) is 67.9 Å². The van der Waals surface area contributed by atoms with Gasteiger partial charge in [0, 0.05) is 5.54 Å². The van der Waals surface area contributed by atoms with Crippen LogP contribution < -0.4 is 10.5 Å². The van der Waals surface area contributed by atoms with Crippen LogP contribution in [-0.2, 0) is 0 Å². The van der Waals surface area contributed by atoms with Crippen LogP contribution in [0.25, 0.3) is 0 Å². The summed E-state index contributed by atoms with van der Waals surface area (Å²) in [6, 6.07) is 8.56. The van der Waals surface area contributed by atoms with E-state index < -0.39 is 0 Å². The number of benzene rings is 1. The second-order valence-electron chi connectivity index (χ2n) is 7.63. The summed E-state index contributed by atoms with van der Waals surface area (Å²) in [5, 5.41) is 0. The molecule has 2 fully saturated rings. The molecule has 0 aromatic heterocycles. The zero-order valence-electron chi connectivity index (χ0n) is 12.9. The van der Waals surface area contributed by atoms with Crippen molar-refractivity contribution in [3.8, 4) is 5.75 Å². The lowest BCUT2D eigenvalue weighted by Crippen LogP contribution is -2.46. The van der Waals surface area contributed by atoms with E-state index >= 15 is 0 Å². The first kappa shape index (κ1) is 13.6. The van der Waals surface area contributed by atoms with Crippen LogP contribution in [0.15, 0.2) is 24.3 Å². The van der Waals surface area contributed by atoms with Gasteiger partial charge >= 0.3 is 0 Å². The van der Waals surface area contributed by atoms with Gasteiger partial charge in [0.05, 0.1) is 6.61 Å². The molecule has 0 bridgehead atoms. The highest BCUT2D eigenvalue weighted by Gasteiger charge is 2.41. The third-order valence-electron chi connectivity index (χ3n) is 5.94. The highest BCUT2D eigenvalue weighted by molar-refractivity contribution is 5.38. The topological polar surface area (TPSA) is 35.2 Å². The summed E-state index contributed by atoms with van der Waals surface area (Å²) in [5.41, 5.74) is 8.32. The summed E-state index contributed by atoms with van der Waals surface area (Å²) >= 11 is 0. The fourth-order valence-corrected chi connectivity index (χ4v) is 4.72. The molecule has 0 spiro atoms. The molecule has 3 unspecified atom stereocenters. The smallest absolute Gasteiger partial charge is 0.122 e. The van der Waals surface area contributed by atoms with Gasteiger partial charge < -0.3 is 10.5 Å². The van der Waals surface area contributed by atoms with Gasteiger partial charge in [0.2, 0.25) is 0 Å². The summed E-state index contributed by atoms with van der Waals surface area (Å²) < 4.78 is 5.80. The van der Waals surface area contributed by atoms with Gasteiger partial charge in [0.25, 0.3) is 0 Å². The van der Waals surface area contributed by atoms with Crippen molar-refractivity contribution < 1.29 is 4.74 Å². The fraction of sp³-hybridized carbons (Fsp3) is 0.684. The largest absolute Gasteiger partial charge is 0.493 e. The molecule has 1 heterocycles. The molecule has 1 aromatic carbocycles. The molecule has 2 nitrogen and oxygen atoms in total. The SMILES string of the molecule is NC1(CC2CCOc3ccccc32)CCCC(C2CC2)C1. The summed E-state index contributed by atoms with van der Waals surface area (Å²) in [6.07, 6.45) is 10.4. The van der Waals surface area contributed by atoms with Crippen molar-refractivity contribution in [2.24, 2.45) is 17.6 Å². The number of fused-ring (bicyclic) bond motifs is 1. The molecule has 1 aliphatic heterocycles. The molecule has 3 aliphatic rings.